The molecule has 7 heteroatoms. The number of fused-ring (bicyclic) bond motifs is 2. The summed E-state index contributed by atoms with van der Waals surface area (Å²) in [6.07, 6.45) is 2.69. The van der Waals surface area contributed by atoms with Crippen LogP contribution in [-0.4, -0.2) is 27.4 Å². The number of anilines is 3. The first-order chi connectivity index (χ1) is 12.2. The lowest BCUT2D eigenvalue weighted by molar-refractivity contribution is 0.415. The second kappa shape index (κ2) is 6.34. The Morgan fingerprint density at radius 2 is 2.08 bits per heavy atom. The third kappa shape index (κ3) is 2.92. The van der Waals surface area contributed by atoms with Crippen molar-refractivity contribution in [2.24, 2.45) is 0 Å². The van der Waals surface area contributed by atoms with Crippen LogP contribution in [0.5, 0.6) is 5.75 Å². The number of nitrogens with one attached hydrogen (secondary N) is 1. The molecule has 0 saturated carbocycles. The smallest absolute Gasteiger partial charge is 0.121 e. The number of pyridine rings is 1. The first-order valence-corrected chi connectivity index (χ1v) is 8.92. The molecule has 4 rings (SSSR count). The zero-order valence-electron chi connectivity index (χ0n) is 13.6. The molecule has 1 aliphatic rings. The number of methoxy groups -OCH3 is 1. The highest BCUT2D eigenvalue weighted by atomic mass is 32.2. The maximum atomic E-state index is 10.9. The van der Waals surface area contributed by atoms with E-state index in [9.17, 15) is 8.76 Å². The van der Waals surface area contributed by atoms with Crippen molar-refractivity contribution in [1.29, 1.82) is 0 Å². The van der Waals surface area contributed by atoms with E-state index < -0.39 is 11.3 Å². The molecule has 25 heavy (non-hydrogen) atoms. The summed E-state index contributed by atoms with van der Waals surface area (Å²) in [7, 11) is 1.64. The molecule has 1 atom stereocenters. The molecule has 1 aliphatic heterocycles. The van der Waals surface area contributed by atoms with Crippen LogP contribution in [0.4, 0.5) is 17.1 Å². The van der Waals surface area contributed by atoms with Gasteiger partial charge in [-0.25, -0.2) is 0 Å². The molecule has 3 aromatic rings. The van der Waals surface area contributed by atoms with Crippen LogP contribution in [-0.2, 0) is 17.7 Å². The van der Waals surface area contributed by atoms with Crippen molar-refractivity contribution < 1.29 is 13.5 Å². The number of ether oxygens (including phenoxy) is 1. The van der Waals surface area contributed by atoms with Crippen LogP contribution in [0, 0.1) is 0 Å². The zero-order chi connectivity index (χ0) is 17.4. The fourth-order valence-electron chi connectivity index (χ4n) is 3.26. The van der Waals surface area contributed by atoms with Gasteiger partial charge in [-0.15, -0.1) is 0 Å². The minimum atomic E-state index is -2.34. The lowest BCUT2D eigenvalue weighted by atomic mass is 10.1. The van der Waals surface area contributed by atoms with Crippen LogP contribution in [0.2, 0.25) is 0 Å². The Labute approximate surface area is 147 Å². The SMILES string of the molecule is COc1ccc2c(N3CCc4ccc(NS(=O)[O-])cc43)ccnc2c1. The Balaban J connectivity index is 1.80. The molecule has 0 amide bonds. The van der Waals surface area contributed by atoms with Crippen LogP contribution in [0.25, 0.3) is 10.9 Å². The van der Waals surface area contributed by atoms with E-state index in [0.29, 0.717) is 5.69 Å². The largest absolute Gasteiger partial charge is 0.755 e. The molecule has 128 valence electrons. The predicted octanol–water partition coefficient (Wildman–Crippen LogP) is 3.14. The maximum Gasteiger partial charge on any atom is 0.121 e. The summed E-state index contributed by atoms with van der Waals surface area (Å²) in [6, 6.07) is 13.4. The third-order valence-corrected chi connectivity index (χ3v) is 4.80. The van der Waals surface area contributed by atoms with E-state index in [1.165, 1.54) is 5.56 Å². The molecule has 2 aromatic carbocycles. The summed E-state index contributed by atoms with van der Waals surface area (Å²) < 4.78 is 29.5. The van der Waals surface area contributed by atoms with E-state index in [2.05, 4.69) is 14.6 Å². The number of hydrogen-bond acceptors (Lipinski definition) is 5. The fourth-order valence-corrected chi connectivity index (χ4v) is 3.58. The van der Waals surface area contributed by atoms with Crippen LogP contribution in [0.3, 0.4) is 0 Å². The van der Waals surface area contributed by atoms with Gasteiger partial charge in [-0.3, -0.25) is 9.19 Å². The minimum absolute atomic E-state index is 0.555. The van der Waals surface area contributed by atoms with Crippen molar-refractivity contribution in [3.05, 3.63) is 54.2 Å². The summed E-state index contributed by atoms with van der Waals surface area (Å²) in [6.45, 7) is 0.838. The van der Waals surface area contributed by atoms with Crippen LogP contribution < -0.4 is 14.4 Å². The van der Waals surface area contributed by atoms with Crippen molar-refractivity contribution in [3.8, 4) is 5.75 Å². The van der Waals surface area contributed by atoms with Gasteiger partial charge in [-0.2, -0.15) is 0 Å². The van der Waals surface area contributed by atoms with Gasteiger partial charge in [-0.1, -0.05) is 6.07 Å². The molecule has 0 fully saturated rings. The molecule has 0 radical (unpaired) electrons. The number of rotatable bonds is 4. The Bertz CT molecular complexity index is 977. The van der Waals surface area contributed by atoms with Gasteiger partial charge in [-0.05, 0) is 42.3 Å². The topological polar surface area (TPSA) is 77.5 Å². The van der Waals surface area contributed by atoms with Gasteiger partial charge in [0.25, 0.3) is 0 Å². The molecular formula is C18H16N3O3S-. The van der Waals surface area contributed by atoms with Gasteiger partial charge >= 0.3 is 0 Å². The molecule has 0 bridgehead atoms. The molecule has 0 aliphatic carbocycles. The van der Waals surface area contributed by atoms with Crippen molar-refractivity contribution in [2.45, 2.75) is 6.42 Å². The molecule has 1 N–H and O–H groups in total. The Morgan fingerprint density at radius 3 is 2.88 bits per heavy atom. The van der Waals surface area contributed by atoms with Gasteiger partial charge in [0, 0.05) is 46.8 Å². The van der Waals surface area contributed by atoms with Crippen molar-refractivity contribution in [2.75, 3.05) is 23.3 Å². The molecule has 1 unspecified atom stereocenters. The highest BCUT2D eigenvalue weighted by Gasteiger charge is 2.22. The second-order valence-electron chi connectivity index (χ2n) is 5.80. The highest BCUT2D eigenvalue weighted by molar-refractivity contribution is 7.80. The van der Waals surface area contributed by atoms with Gasteiger partial charge < -0.3 is 18.9 Å². The van der Waals surface area contributed by atoms with Crippen LogP contribution >= 0.6 is 0 Å². The summed E-state index contributed by atoms with van der Waals surface area (Å²) in [5, 5.41) is 1.03. The fraction of sp³-hybridized carbons (Fsp3) is 0.167. The number of benzene rings is 2. The normalized spacial score (nSPS) is 14.4. The van der Waals surface area contributed by atoms with E-state index >= 15 is 0 Å². The predicted molar refractivity (Wildman–Crippen MR) is 98.0 cm³/mol. The molecule has 0 spiro atoms. The quantitative estimate of drug-likeness (QED) is 0.728. The van der Waals surface area contributed by atoms with Gasteiger partial charge in [0.15, 0.2) is 0 Å². The molecular weight excluding hydrogens is 338 g/mol. The summed E-state index contributed by atoms with van der Waals surface area (Å²) in [4.78, 5) is 6.63. The second-order valence-corrected chi connectivity index (χ2v) is 6.47. The average Bonchev–Trinajstić information content (AvgIpc) is 3.03. The zero-order valence-corrected chi connectivity index (χ0v) is 14.4. The van der Waals surface area contributed by atoms with Crippen LogP contribution in [0.1, 0.15) is 5.56 Å². The monoisotopic (exact) mass is 354 g/mol. The lowest BCUT2D eigenvalue weighted by Crippen LogP contribution is -2.14. The van der Waals surface area contributed by atoms with Crippen molar-refractivity contribution >= 4 is 39.2 Å². The summed E-state index contributed by atoms with van der Waals surface area (Å²) in [5.41, 5.74) is 4.67. The lowest BCUT2D eigenvalue weighted by Gasteiger charge is -2.22. The Kier molecular flexibility index (Phi) is 4.03. The summed E-state index contributed by atoms with van der Waals surface area (Å²) in [5.74, 6) is 0.767. The first-order valence-electron chi connectivity index (χ1n) is 7.85. The molecule has 6 nitrogen and oxygen atoms in total. The van der Waals surface area contributed by atoms with E-state index in [0.717, 1.165) is 41.0 Å². The summed E-state index contributed by atoms with van der Waals surface area (Å²) >= 11 is -2.34. The van der Waals surface area contributed by atoms with Crippen molar-refractivity contribution in [1.82, 2.24) is 4.98 Å². The number of aromatic nitrogens is 1. The van der Waals surface area contributed by atoms with Gasteiger partial charge in [0.2, 0.25) is 0 Å². The van der Waals surface area contributed by atoms with E-state index in [-0.39, 0.29) is 0 Å². The Morgan fingerprint density at radius 1 is 1.20 bits per heavy atom. The highest BCUT2D eigenvalue weighted by Crippen LogP contribution is 2.39. The van der Waals surface area contributed by atoms with E-state index in [4.69, 9.17) is 4.74 Å². The van der Waals surface area contributed by atoms with Crippen LogP contribution in [0.15, 0.2) is 48.7 Å². The van der Waals surface area contributed by atoms with E-state index in [1.807, 2.05) is 36.4 Å². The van der Waals surface area contributed by atoms with Gasteiger partial charge in [0.05, 0.1) is 18.3 Å². The van der Waals surface area contributed by atoms with Gasteiger partial charge in [0.1, 0.15) is 5.75 Å². The van der Waals surface area contributed by atoms with E-state index in [1.54, 1.807) is 19.4 Å². The molecule has 0 saturated heterocycles. The number of nitrogens with zero attached hydrogens (tertiary/aromatic N) is 2. The molecule has 1 aromatic heterocycles. The average molecular weight is 354 g/mol. The first kappa shape index (κ1) is 15.9. The number of hydrogen-bond donors (Lipinski definition) is 1. The standard InChI is InChI=1S/C18H17N3O3S/c1-24-14-4-5-15-16(11-14)19-8-6-17(15)21-9-7-12-2-3-13(10-18(12)21)20-25(22)23/h2-6,8,10-11,20H,7,9H2,1H3,(H,22,23)/p-1. The molecule has 2 heterocycles. The maximum absolute atomic E-state index is 10.9. The third-order valence-electron chi connectivity index (χ3n) is 4.40. The Hall–Kier alpha value is -2.64. The van der Waals surface area contributed by atoms with Crippen molar-refractivity contribution in [3.63, 3.8) is 0 Å². The minimum Gasteiger partial charge on any atom is -0.755 e.